The topological polar surface area (TPSA) is 95.5 Å². The molecule has 0 heterocycles. The van der Waals surface area contributed by atoms with Gasteiger partial charge in [0.2, 0.25) is 0 Å². The zero-order valence-corrected chi connectivity index (χ0v) is 14.7. The van der Waals surface area contributed by atoms with E-state index in [9.17, 15) is 22.7 Å². The zero-order chi connectivity index (χ0) is 18.1. The Bertz CT molecular complexity index is 793. The van der Waals surface area contributed by atoms with Crippen molar-refractivity contribution < 1.29 is 22.7 Å². The van der Waals surface area contributed by atoms with Gasteiger partial charge in [-0.15, -0.1) is 0 Å². The standard InChI is InChI=1S/C15H18ClFN2O4S/c1-8(2)24(22,23)14-9(16)6-7-12(13(14)20)19-15(21)18-11-5-3-4-10(11)17/h4,6-8,11,20H,3,5H2,1-2H3,(H2,18,19,21). The Morgan fingerprint density at radius 1 is 1.42 bits per heavy atom. The molecule has 0 radical (unpaired) electrons. The molecule has 1 aliphatic carbocycles. The molecule has 1 unspecified atom stereocenters. The third-order valence-corrected chi connectivity index (χ3v) is 6.32. The summed E-state index contributed by atoms with van der Waals surface area (Å²) in [5.74, 6) is -1.07. The number of nitrogens with one attached hydrogen (secondary N) is 2. The lowest BCUT2D eigenvalue weighted by Gasteiger charge is -2.17. The molecule has 1 atom stereocenters. The van der Waals surface area contributed by atoms with E-state index in [0.29, 0.717) is 12.8 Å². The highest BCUT2D eigenvalue weighted by Gasteiger charge is 2.28. The average molecular weight is 377 g/mol. The molecule has 2 rings (SSSR count). The number of hydrogen-bond acceptors (Lipinski definition) is 4. The molecule has 1 aliphatic rings. The third kappa shape index (κ3) is 3.64. The number of sulfone groups is 1. The first-order valence-corrected chi connectivity index (χ1v) is 9.25. The van der Waals surface area contributed by atoms with E-state index in [-0.39, 0.29) is 10.7 Å². The van der Waals surface area contributed by atoms with Crippen LogP contribution in [0.1, 0.15) is 26.7 Å². The summed E-state index contributed by atoms with van der Waals surface area (Å²) in [6, 6.07) is 1.06. The predicted octanol–water partition coefficient (Wildman–Crippen LogP) is 3.37. The van der Waals surface area contributed by atoms with Crippen LogP contribution in [-0.2, 0) is 9.84 Å². The van der Waals surface area contributed by atoms with E-state index >= 15 is 0 Å². The summed E-state index contributed by atoms with van der Waals surface area (Å²) in [5, 5.41) is 14.0. The summed E-state index contributed by atoms with van der Waals surface area (Å²) in [6.45, 7) is 2.90. The van der Waals surface area contributed by atoms with Crippen molar-refractivity contribution in [1.29, 1.82) is 0 Å². The quantitative estimate of drug-likeness (QED) is 0.702. The van der Waals surface area contributed by atoms with Gasteiger partial charge in [-0.1, -0.05) is 17.7 Å². The lowest BCUT2D eigenvalue weighted by molar-refractivity contribution is 0.248. The number of allylic oxidation sites excluding steroid dienone is 1. The average Bonchev–Trinajstić information content (AvgIpc) is 2.87. The SMILES string of the molecule is CC(C)S(=O)(=O)c1c(Cl)ccc(NC(=O)NC2CCC=C2F)c1O. The number of amides is 2. The minimum Gasteiger partial charge on any atom is -0.504 e. The highest BCUT2D eigenvalue weighted by Crippen LogP contribution is 2.38. The second-order valence-corrected chi connectivity index (χ2v) is 8.53. The summed E-state index contributed by atoms with van der Waals surface area (Å²) in [6.07, 6.45) is 2.36. The maximum Gasteiger partial charge on any atom is 0.319 e. The Balaban J connectivity index is 2.26. The number of benzene rings is 1. The van der Waals surface area contributed by atoms with Crippen molar-refractivity contribution in [2.75, 3.05) is 5.32 Å². The van der Waals surface area contributed by atoms with Crippen molar-refractivity contribution >= 4 is 33.2 Å². The van der Waals surface area contributed by atoms with Crippen LogP contribution in [0.4, 0.5) is 14.9 Å². The summed E-state index contributed by atoms with van der Waals surface area (Å²) in [5.41, 5.74) is -0.126. The number of hydrogen-bond donors (Lipinski definition) is 3. The van der Waals surface area contributed by atoms with Gasteiger partial charge in [-0.25, -0.2) is 17.6 Å². The molecule has 0 saturated carbocycles. The van der Waals surface area contributed by atoms with Crippen LogP contribution in [0.2, 0.25) is 5.02 Å². The van der Waals surface area contributed by atoms with E-state index in [1.165, 1.54) is 32.1 Å². The van der Waals surface area contributed by atoms with Crippen LogP contribution in [0.15, 0.2) is 28.9 Å². The Kier molecular flexibility index (Phi) is 5.39. The Labute approximate surface area is 144 Å². The number of phenols is 1. The molecule has 1 aromatic carbocycles. The highest BCUT2D eigenvalue weighted by atomic mass is 35.5. The minimum atomic E-state index is -3.85. The van der Waals surface area contributed by atoms with Gasteiger partial charge in [0, 0.05) is 0 Å². The van der Waals surface area contributed by atoms with E-state index in [2.05, 4.69) is 10.6 Å². The van der Waals surface area contributed by atoms with Gasteiger partial charge in [0.25, 0.3) is 0 Å². The molecule has 132 valence electrons. The number of carbonyl (C=O) groups excluding carboxylic acids is 1. The number of rotatable bonds is 4. The summed E-state index contributed by atoms with van der Waals surface area (Å²) >= 11 is 5.90. The van der Waals surface area contributed by atoms with Crippen molar-refractivity contribution in [3.8, 4) is 5.75 Å². The van der Waals surface area contributed by atoms with Crippen LogP contribution in [0.3, 0.4) is 0 Å². The Morgan fingerprint density at radius 2 is 2.08 bits per heavy atom. The van der Waals surface area contributed by atoms with Crippen LogP contribution in [0.5, 0.6) is 5.75 Å². The van der Waals surface area contributed by atoms with Gasteiger partial charge >= 0.3 is 6.03 Å². The molecule has 9 heteroatoms. The highest BCUT2D eigenvalue weighted by molar-refractivity contribution is 7.92. The fraction of sp³-hybridized carbons (Fsp3) is 0.400. The molecule has 6 nitrogen and oxygen atoms in total. The van der Waals surface area contributed by atoms with E-state index < -0.39 is 43.6 Å². The second-order valence-electron chi connectivity index (χ2n) is 5.68. The number of aromatic hydroxyl groups is 1. The fourth-order valence-electron chi connectivity index (χ4n) is 2.28. The monoisotopic (exact) mass is 376 g/mol. The van der Waals surface area contributed by atoms with Crippen LogP contribution in [0.25, 0.3) is 0 Å². The zero-order valence-electron chi connectivity index (χ0n) is 13.1. The molecule has 2 amide bonds. The van der Waals surface area contributed by atoms with E-state index in [4.69, 9.17) is 11.6 Å². The first kappa shape index (κ1) is 18.5. The van der Waals surface area contributed by atoms with Gasteiger partial charge < -0.3 is 15.7 Å². The molecule has 24 heavy (non-hydrogen) atoms. The molecule has 3 N–H and O–H groups in total. The van der Waals surface area contributed by atoms with Gasteiger partial charge in [0.1, 0.15) is 10.7 Å². The number of anilines is 1. The summed E-state index contributed by atoms with van der Waals surface area (Å²) in [4.78, 5) is 11.5. The van der Waals surface area contributed by atoms with E-state index in [0.717, 1.165) is 0 Å². The molecule has 0 aliphatic heterocycles. The van der Waals surface area contributed by atoms with Crippen molar-refractivity contribution in [3.05, 3.63) is 29.1 Å². The van der Waals surface area contributed by atoms with Crippen LogP contribution >= 0.6 is 11.6 Å². The molecule has 0 bridgehead atoms. The molecule has 0 aromatic heterocycles. The smallest absolute Gasteiger partial charge is 0.319 e. The first-order valence-electron chi connectivity index (χ1n) is 7.33. The minimum absolute atomic E-state index is 0.126. The van der Waals surface area contributed by atoms with E-state index in [1.54, 1.807) is 0 Å². The van der Waals surface area contributed by atoms with Crippen molar-refractivity contribution in [2.45, 2.75) is 42.9 Å². The Morgan fingerprint density at radius 3 is 2.62 bits per heavy atom. The second kappa shape index (κ2) is 6.98. The number of carbonyl (C=O) groups is 1. The van der Waals surface area contributed by atoms with Gasteiger partial charge in [-0.3, -0.25) is 0 Å². The maximum absolute atomic E-state index is 13.4. The van der Waals surface area contributed by atoms with Crippen LogP contribution in [0, 0.1) is 0 Å². The molecular weight excluding hydrogens is 359 g/mol. The summed E-state index contributed by atoms with van der Waals surface area (Å²) < 4.78 is 38.0. The van der Waals surface area contributed by atoms with Crippen LogP contribution < -0.4 is 10.6 Å². The van der Waals surface area contributed by atoms with Gasteiger partial charge in [0.15, 0.2) is 15.6 Å². The van der Waals surface area contributed by atoms with Gasteiger partial charge in [-0.05, 0) is 38.8 Å². The summed E-state index contributed by atoms with van der Waals surface area (Å²) in [7, 11) is -3.85. The largest absolute Gasteiger partial charge is 0.504 e. The maximum atomic E-state index is 13.4. The number of phenolic OH excluding ortho intramolecular Hbond substituents is 1. The first-order chi connectivity index (χ1) is 11.1. The fourth-order valence-corrected chi connectivity index (χ4v) is 3.95. The van der Waals surface area contributed by atoms with Crippen LogP contribution in [-0.4, -0.2) is 30.8 Å². The van der Waals surface area contributed by atoms with Gasteiger partial charge in [-0.2, -0.15) is 0 Å². The molecule has 0 fully saturated rings. The lowest BCUT2D eigenvalue weighted by atomic mass is 10.2. The van der Waals surface area contributed by atoms with Crippen molar-refractivity contribution in [2.24, 2.45) is 0 Å². The Hall–Kier alpha value is -1.80. The van der Waals surface area contributed by atoms with Crippen molar-refractivity contribution in [3.63, 3.8) is 0 Å². The van der Waals surface area contributed by atoms with E-state index in [1.807, 2.05) is 0 Å². The predicted molar refractivity (Wildman–Crippen MR) is 89.8 cm³/mol. The molecule has 0 spiro atoms. The number of halogens is 2. The normalized spacial score (nSPS) is 17.7. The molecular formula is C15H18ClFN2O4S. The van der Waals surface area contributed by atoms with Crippen molar-refractivity contribution in [1.82, 2.24) is 5.32 Å². The molecule has 0 saturated heterocycles. The van der Waals surface area contributed by atoms with Gasteiger partial charge in [0.05, 0.1) is 22.0 Å². The lowest BCUT2D eigenvalue weighted by Crippen LogP contribution is -2.37. The third-order valence-electron chi connectivity index (χ3n) is 3.67. The molecule has 1 aromatic rings. The number of urea groups is 1.